The molecule has 1 saturated heterocycles. The number of primary amides is 1. The normalized spacial score (nSPS) is 25.6. The molecule has 0 saturated carbocycles. The van der Waals surface area contributed by atoms with Gasteiger partial charge in [-0.1, -0.05) is 0 Å². The van der Waals surface area contributed by atoms with E-state index in [2.05, 4.69) is 5.32 Å². The lowest BCUT2D eigenvalue weighted by Gasteiger charge is -2.31. The number of nitrogens with one attached hydrogen (secondary N) is 1. The largest absolute Gasteiger partial charge is 0.395 e. The van der Waals surface area contributed by atoms with E-state index in [1.54, 1.807) is 0 Å². The predicted octanol–water partition coefficient (Wildman–Crippen LogP) is -2.26. The number of aliphatic hydroxyl groups excluding tert-OH is 1. The Labute approximate surface area is 71.5 Å². The van der Waals surface area contributed by atoms with Crippen molar-refractivity contribution < 1.29 is 9.90 Å². The molecule has 4 N–H and O–H groups in total. The lowest BCUT2D eigenvalue weighted by molar-refractivity contribution is -0.121. The Hall–Kier alpha value is -0.650. The first-order chi connectivity index (χ1) is 5.74. The molecule has 0 radical (unpaired) electrons. The van der Waals surface area contributed by atoms with Crippen LogP contribution in [0.15, 0.2) is 0 Å². The molecule has 0 aliphatic carbocycles. The van der Waals surface area contributed by atoms with E-state index in [1.165, 1.54) is 0 Å². The second-order valence-corrected chi connectivity index (χ2v) is 2.93. The molecular formula is C7H15N3O2. The summed E-state index contributed by atoms with van der Waals surface area (Å²) in [7, 11) is 0. The van der Waals surface area contributed by atoms with Gasteiger partial charge in [0.25, 0.3) is 0 Å². The third-order valence-corrected chi connectivity index (χ3v) is 2.02. The molecule has 5 heteroatoms. The molecule has 0 aromatic rings. The predicted molar refractivity (Wildman–Crippen MR) is 44.5 cm³/mol. The van der Waals surface area contributed by atoms with E-state index in [-0.39, 0.29) is 18.6 Å². The van der Waals surface area contributed by atoms with Crippen molar-refractivity contribution in [2.24, 2.45) is 5.73 Å². The van der Waals surface area contributed by atoms with Crippen LogP contribution in [0.1, 0.15) is 0 Å². The lowest BCUT2D eigenvalue weighted by Crippen LogP contribution is -2.56. The van der Waals surface area contributed by atoms with Gasteiger partial charge < -0.3 is 16.2 Å². The van der Waals surface area contributed by atoms with Crippen molar-refractivity contribution in [2.75, 3.05) is 32.8 Å². The van der Waals surface area contributed by atoms with Crippen LogP contribution in [0.2, 0.25) is 0 Å². The molecule has 0 aromatic heterocycles. The number of amides is 1. The number of aliphatic hydroxyl groups is 1. The standard InChI is InChI=1S/C7H15N3O2/c8-7(12)6-5-10(3-4-11)2-1-9-6/h6,9,11H,1-5H2,(H2,8,12). The Bertz CT molecular complexity index is 161. The van der Waals surface area contributed by atoms with Crippen LogP contribution in [-0.4, -0.2) is 54.7 Å². The summed E-state index contributed by atoms with van der Waals surface area (Å²) in [5.41, 5.74) is 5.13. The third kappa shape index (κ3) is 2.44. The van der Waals surface area contributed by atoms with Crippen LogP contribution in [0.25, 0.3) is 0 Å². The Morgan fingerprint density at radius 2 is 2.50 bits per heavy atom. The smallest absolute Gasteiger partial charge is 0.235 e. The minimum absolute atomic E-state index is 0.130. The van der Waals surface area contributed by atoms with Crippen molar-refractivity contribution >= 4 is 5.91 Å². The third-order valence-electron chi connectivity index (χ3n) is 2.02. The van der Waals surface area contributed by atoms with Gasteiger partial charge in [0.05, 0.1) is 12.6 Å². The number of hydrogen-bond donors (Lipinski definition) is 3. The van der Waals surface area contributed by atoms with Gasteiger partial charge in [0.1, 0.15) is 0 Å². The fraction of sp³-hybridized carbons (Fsp3) is 0.857. The maximum atomic E-state index is 10.8. The van der Waals surface area contributed by atoms with Crippen LogP contribution in [0.4, 0.5) is 0 Å². The quantitative estimate of drug-likeness (QED) is 0.450. The SMILES string of the molecule is NC(=O)C1CN(CCO)CCN1. The van der Waals surface area contributed by atoms with Crippen LogP contribution < -0.4 is 11.1 Å². The first-order valence-corrected chi connectivity index (χ1v) is 4.10. The summed E-state index contributed by atoms with van der Waals surface area (Å²) in [4.78, 5) is 12.8. The molecule has 0 spiro atoms. The van der Waals surface area contributed by atoms with Crippen molar-refractivity contribution in [3.05, 3.63) is 0 Å². The van der Waals surface area contributed by atoms with E-state index >= 15 is 0 Å². The zero-order valence-corrected chi connectivity index (χ0v) is 6.99. The van der Waals surface area contributed by atoms with E-state index in [9.17, 15) is 4.79 Å². The van der Waals surface area contributed by atoms with Gasteiger partial charge in [0.15, 0.2) is 0 Å². The molecule has 1 aliphatic heterocycles. The summed E-state index contributed by atoms with van der Waals surface area (Å²) < 4.78 is 0. The van der Waals surface area contributed by atoms with Crippen molar-refractivity contribution in [3.8, 4) is 0 Å². The topological polar surface area (TPSA) is 78.6 Å². The fourth-order valence-electron chi connectivity index (χ4n) is 1.35. The molecule has 0 aromatic carbocycles. The molecular weight excluding hydrogens is 158 g/mol. The molecule has 1 rings (SSSR count). The Morgan fingerprint density at radius 1 is 1.75 bits per heavy atom. The number of nitrogens with zero attached hydrogens (tertiary/aromatic N) is 1. The second kappa shape index (κ2) is 4.39. The first kappa shape index (κ1) is 9.44. The summed E-state index contributed by atoms with van der Waals surface area (Å²) >= 11 is 0. The highest BCUT2D eigenvalue weighted by Gasteiger charge is 2.22. The lowest BCUT2D eigenvalue weighted by atomic mass is 10.2. The Kier molecular flexibility index (Phi) is 3.46. The zero-order valence-electron chi connectivity index (χ0n) is 6.99. The minimum Gasteiger partial charge on any atom is -0.395 e. The van der Waals surface area contributed by atoms with E-state index in [1.807, 2.05) is 4.90 Å². The first-order valence-electron chi connectivity index (χ1n) is 4.10. The van der Waals surface area contributed by atoms with Gasteiger partial charge >= 0.3 is 0 Å². The number of rotatable bonds is 3. The fourth-order valence-corrected chi connectivity index (χ4v) is 1.35. The molecule has 1 amide bonds. The van der Waals surface area contributed by atoms with Crippen LogP contribution in [-0.2, 0) is 4.79 Å². The Morgan fingerprint density at radius 3 is 3.08 bits per heavy atom. The molecule has 0 bridgehead atoms. The molecule has 1 heterocycles. The van der Waals surface area contributed by atoms with Gasteiger partial charge in [-0.2, -0.15) is 0 Å². The molecule has 1 unspecified atom stereocenters. The summed E-state index contributed by atoms with van der Waals surface area (Å²) in [6.45, 7) is 2.98. The number of β-amino-alcohol motifs (C(OH)–C–C–N with tert-alkyl or cyclic N) is 1. The molecule has 1 aliphatic rings. The molecule has 1 atom stereocenters. The summed E-state index contributed by atoms with van der Waals surface area (Å²) in [6.07, 6.45) is 0. The van der Waals surface area contributed by atoms with Crippen LogP contribution in [0, 0.1) is 0 Å². The van der Waals surface area contributed by atoms with Gasteiger partial charge in [-0.25, -0.2) is 0 Å². The molecule has 1 fully saturated rings. The highest BCUT2D eigenvalue weighted by Crippen LogP contribution is 1.97. The van der Waals surface area contributed by atoms with Crippen molar-refractivity contribution in [2.45, 2.75) is 6.04 Å². The van der Waals surface area contributed by atoms with E-state index < -0.39 is 0 Å². The van der Waals surface area contributed by atoms with Crippen LogP contribution >= 0.6 is 0 Å². The van der Waals surface area contributed by atoms with Gasteiger partial charge in [-0.3, -0.25) is 9.69 Å². The summed E-state index contributed by atoms with van der Waals surface area (Å²) in [5.74, 6) is -0.322. The molecule has 5 nitrogen and oxygen atoms in total. The van der Waals surface area contributed by atoms with Gasteiger partial charge in [0.2, 0.25) is 5.91 Å². The number of carbonyl (C=O) groups excluding carboxylic acids is 1. The monoisotopic (exact) mass is 173 g/mol. The maximum absolute atomic E-state index is 10.8. The van der Waals surface area contributed by atoms with Crippen LogP contribution in [0.5, 0.6) is 0 Å². The van der Waals surface area contributed by atoms with Gasteiger partial charge in [-0.15, -0.1) is 0 Å². The molecule has 12 heavy (non-hydrogen) atoms. The number of piperazine rings is 1. The van der Waals surface area contributed by atoms with Crippen molar-refractivity contribution in [3.63, 3.8) is 0 Å². The van der Waals surface area contributed by atoms with E-state index in [0.717, 1.165) is 13.1 Å². The number of carbonyl (C=O) groups is 1. The second-order valence-electron chi connectivity index (χ2n) is 2.93. The average Bonchev–Trinajstić information content (AvgIpc) is 2.05. The Balaban J connectivity index is 2.35. The average molecular weight is 173 g/mol. The van der Waals surface area contributed by atoms with E-state index in [0.29, 0.717) is 13.1 Å². The minimum atomic E-state index is -0.322. The van der Waals surface area contributed by atoms with Gasteiger partial charge in [0, 0.05) is 26.2 Å². The van der Waals surface area contributed by atoms with Crippen molar-refractivity contribution in [1.29, 1.82) is 0 Å². The molecule has 70 valence electrons. The van der Waals surface area contributed by atoms with Crippen molar-refractivity contribution in [1.82, 2.24) is 10.2 Å². The highest BCUT2D eigenvalue weighted by atomic mass is 16.3. The summed E-state index contributed by atoms with van der Waals surface area (Å²) in [6, 6.07) is -0.259. The summed E-state index contributed by atoms with van der Waals surface area (Å²) in [5, 5.41) is 11.7. The maximum Gasteiger partial charge on any atom is 0.235 e. The highest BCUT2D eigenvalue weighted by molar-refractivity contribution is 5.80. The van der Waals surface area contributed by atoms with E-state index in [4.69, 9.17) is 10.8 Å². The number of nitrogens with two attached hydrogens (primary N) is 1. The zero-order chi connectivity index (χ0) is 8.97. The van der Waals surface area contributed by atoms with Crippen LogP contribution in [0.3, 0.4) is 0 Å². The number of hydrogen-bond acceptors (Lipinski definition) is 4. The van der Waals surface area contributed by atoms with Gasteiger partial charge in [-0.05, 0) is 0 Å².